The molecule has 1 rings (SSSR count). The molecule has 0 saturated heterocycles. The Hall–Kier alpha value is -1.66. The molecule has 0 unspecified atom stereocenters. The highest BCUT2D eigenvalue weighted by molar-refractivity contribution is 6.31. The number of nitro benzene ring substituents is 1. The van der Waals surface area contributed by atoms with Crippen LogP contribution in [-0.4, -0.2) is 18.0 Å². The monoisotopic (exact) mass is 259 g/mol. The minimum absolute atomic E-state index is 0.0820. The Labute approximate surface area is 102 Å². The summed E-state index contributed by atoms with van der Waals surface area (Å²) < 4.78 is 13.2. The third kappa shape index (κ3) is 3.69. The summed E-state index contributed by atoms with van der Waals surface area (Å²) in [5, 5.41) is 13.2. The maximum absolute atomic E-state index is 13.2. The zero-order valence-corrected chi connectivity index (χ0v) is 9.58. The molecular weight excluding hydrogens is 249 g/mol. The van der Waals surface area contributed by atoms with Crippen LogP contribution in [0.2, 0.25) is 5.02 Å². The van der Waals surface area contributed by atoms with E-state index in [0.717, 1.165) is 12.1 Å². The lowest BCUT2D eigenvalue weighted by atomic mass is 10.2. The van der Waals surface area contributed by atoms with Gasteiger partial charge in [-0.2, -0.15) is 0 Å². The van der Waals surface area contributed by atoms with Gasteiger partial charge in [0.2, 0.25) is 0 Å². The van der Waals surface area contributed by atoms with Crippen LogP contribution in [0.5, 0.6) is 0 Å². The van der Waals surface area contributed by atoms with E-state index in [1.807, 2.05) is 0 Å². The molecule has 3 N–H and O–H groups in total. The zero-order valence-electron chi connectivity index (χ0n) is 8.82. The van der Waals surface area contributed by atoms with Gasteiger partial charge in [0.15, 0.2) is 0 Å². The number of rotatable bonds is 5. The smallest absolute Gasteiger partial charge is 0.294 e. The van der Waals surface area contributed by atoms with Crippen LogP contribution in [0.1, 0.15) is 0 Å². The lowest BCUT2D eigenvalue weighted by molar-refractivity contribution is -0.384. The van der Waals surface area contributed by atoms with Crippen molar-refractivity contribution in [1.29, 1.82) is 0 Å². The van der Waals surface area contributed by atoms with Crippen molar-refractivity contribution < 1.29 is 9.31 Å². The Bertz CT molecular complexity index is 451. The van der Waals surface area contributed by atoms with Crippen molar-refractivity contribution in [2.24, 2.45) is 5.73 Å². The predicted octanol–water partition coefficient (Wildman–Crippen LogP) is 2.31. The highest BCUT2D eigenvalue weighted by Gasteiger charge is 2.16. The highest BCUT2D eigenvalue weighted by Crippen LogP contribution is 2.30. The summed E-state index contributed by atoms with van der Waals surface area (Å²) in [5.41, 5.74) is 5.05. The number of nitrogens with one attached hydrogen (secondary N) is 1. The van der Waals surface area contributed by atoms with E-state index in [1.54, 1.807) is 12.2 Å². The summed E-state index contributed by atoms with van der Waals surface area (Å²) in [5.74, 6) is -0.706. The van der Waals surface area contributed by atoms with Crippen LogP contribution in [0.15, 0.2) is 24.3 Å². The molecule has 17 heavy (non-hydrogen) atoms. The van der Waals surface area contributed by atoms with Crippen molar-refractivity contribution >= 4 is 23.0 Å². The third-order valence-electron chi connectivity index (χ3n) is 1.95. The Morgan fingerprint density at radius 1 is 1.53 bits per heavy atom. The van der Waals surface area contributed by atoms with Crippen LogP contribution >= 0.6 is 11.6 Å². The first kappa shape index (κ1) is 13.4. The van der Waals surface area contributed by atoms with Gasteiger partial charge < -0.3 is 11.1 Å². The molecule has 0 aromatic heterocycles. The van der Waals surface area contributed by atoms with Crippen LogP contribution in [0.25, 0.3) is 0 Å². The molecule has 0 aliphatic carbocycles. The molecule has 0 radical (unpaired) electrons. The molecule has 0 bridgehead atoms. The van der Waals surface area contributed by atoms with E-state index in [0.29, 0.717) is 13.1 Å². The molecule has 92 valence electrons. The molecule has 0 aliphatic heterocycles. The van der Waals surface area contributed by atoms with Crippen molar-refractivity contribution in [1.82, 2.24) is 0 Å². The first-order valence-electron chi connectivity index (χ1n) is 4.78. The SMILES string of the molecule is NC/C=C/CNc1cc(F)c(Cl)cc1[N+](=O)[O-]. The minimum atomic E-state index is -0.706. The van der Waals surface area contributed by atoms with E-state index in [4.69, 9.17) is 17.3 Å². The quantitative estimate of drug-likeness (QED) is 0.483. The summed E-state index contributed by atoms with van der Waals surface area (Å²) in [6, 6.07) is 1.97. The number of anilines is 1. The number of benzene rings is 1. The minimum Gasteiger partial charge on any atom is -0.376 e. The zero-order chi connectivity index (χ0) is 12.8. The number of nitrogens with zero attached hydrogens (tertiary/aromatic N) is 1. The van der Waals surface area contributed by atoms with E-state index in [2.05, 4.69) is 5.32 Å². The van der Waals surface area contributed by atoms with E-state index < -0.39 is 10.7 Å². The first-order chi connectivity index (χ1) is 8.06. The van der Waals surface area contributed by atoms with Crippen LogP contribution < -0.4 is 11.1 Å². The summed E-state index contributed by atoms with van der Waals surface area (Å²) in [6.45, 7) is 0.692. The van der Waals surface area contributed by atoms with Gasteiger partial charge >= 0.3 is 0 Å². The van der Waals surface area contributed by atoms with Gasteiger partial charge in [0, 0.05) is 25.2 Å². The van der Waals surface area contributed by atoms with Crippen molar-refractivity contribution in [3.8, 4) is 0 Å². The molecule has 0 fully saturated rings. The van der Waals surface area contributed by atoms with Crippen molar-refractivity contribution in [3.05, 3.63) is 45.2 Å². The number of nitrogens with two attached hydrogens (primary N) is 1. The van der Waals surface area contributed by atoms with Crippen molar-refractivity contribution in [3.63, 3.8) is 0 Å². The summed E-state index contributed by atoms with van der Waals surface area (Å²) >= 11 is 5.48. The maximum atomic E-state index is 13.2. The van der Waals surface area contributed by atoms with Crippen LogP contribution in [0.3, 0.4) is 0 Å². The average molecular weight is 260 g/mol. The second-order valence-corrected chi connectivity index (χ2v) is 3.54. The topological polar surface area (TPSA) is 81.2 Å². The number of halogens is 2. The lowest BCUT2D eigenvalue weighted by Crippen LogP contribution is -2.04. The molecule has 5 nitrogen and oxygen atoms in total. The standard InChI is InChI=1S/C10H11ClFN3O2/c11-7-5-10(15(16)17)9(6-8(7)12)14-4-2-1-3-13/h1-2,5-6,14H,3-4,13H2/b2-1+. The molecule has 1 aromatic carbocycles. The maximum Gasteiger partial charge on any atom is 0.294 e. The Balaban J connectivity index is 2.92. The summed E-state index contributed by atoms with van der Waals surface area (Å²) in [6.07, 6.45) is 3.38. The molecule has 0 atom stereocenters. The molecular formula is C10H11ClFN3O2. The Kier molecular flexibility index (Phi) is 4.86. The van der Waals surface area contributed by atoms with Crippen LogP contribution in [0, 0.1) is 15.9 Å². The second-order valence-electron chi connectivity index (χ2n) is 3.13. The van der Waals surface area contributed by atoms with Gasteiger partial charge in [0.1, 0.15) is 11.5 Å². The third-order valence-corrected chi connectivity index (χ3v) is 2.24. The van der Waals surface area contributed by atoms with Crippen molar-refractivity contribution in [2.75, 3.05) is 18.4 Å². The molecule has 0 amide bonds. The van der Waals surface area contributed by atoms with Crippen LogP contribution in [0.4, 0.5) is 15.8 Å². The fourth-order valence-corrected chi connectivity index (χ4v) is 1.34. The van der Waals surface area contributed by atoms with Gasteiger partial charge in [-0.15, -0.1) is 0 Å². The Morgan fingerprint density at radius 3 is 2.82 bits per heavy atom. The molecule has 0 heterocycles. The highest BCUT2D eigenvalue weighted by atomic mass is 35.5. The lowest BCUT2D eigenvalue weighted by Gasteiger charge is -2.05. The van der Waals surface area contributed by atoms with E-state index >= 15 is 0 Å². The predicted molar refractivity (Wildman–Crippen MR) is 64.7 cm³/mol. The van der Waals surface area contributed by atoms with E-state index in [-0.39, 0.29) is 16.4 Å². The van der Waals surface area contributed by atoms with Crippen LogP contribution in [-0.2, 0) is 0 Å². The van der Waals surface area contributed by atoms with Crippen molar-refractivity contribution in [2.45, 2.75) is 0 Å². The second kappa shape index (κ2) is 6.17. The van der Waals surface area contributed by atoms with E-state index in [1.165, 1.54) is 0 Å². The Morgan fingerprint density at radius 2 is 2.24 bits per heavy atom. The number of hydrogen-bond acceptors (Lipinski definition) is 4. The van der Waals surface area contributed by atoms with Gasteiger partial charge in [0.05, 0.1) is 9.95 Å². The summed E-state index contributed by atoms with van der Waals surface area (Å²) in [4.78, 5) is 10.1. The molecule has 0 spiro atoms. The largest absolute Gasteiger partial charge is 0.376 e. The fourth-order valence-electron chi connectivity index (χ4n) is 1.18. The molecule has 0 saturated carbocycles. The normalized spacial score (nSPS) is 10.8. The van der Waals surface area contributed by atoms with Gasteiger partial charge in [-0.1, -0.05) is 23.8 Å². The molecule has 0 aliphatic rings. The molecule has 1 aromatic rings. The van der Waals surface area contributed by atoms with Gasteiger partial charge in [-0.3, -0.25) is 10.1 Å². The number of nitro groups is 1. The van der Waals surface area contributed by atoms with E-state index in [9.17, 15) is 14.5 Å². The van der Waals surface area contributed by atoms with Gasteiger partial charge in [-0.05, 0) is 0 Å². The van der Waals surface area contributed by atoms with Gasteiger partial charge in [0.25, 0.3) is 5.69 Å². The first-order valence-corrected chi connectivity index (χ1v) is 5.16. The average Bonchev–Trinajstić information content (AvgIpc) is 2.28. The number of hydrogen-bond donors (Lipinski definition) is 2. The van der Waals surface area contributed by atoms with Gasteiger partial charge in [-0.25, -0.2) is 4.39 Å². The summed E-state index contributed by atoms with van der Waals surface area (Å²) in [7, 11) is 0. The molecule has 7 heteroatoms. The fraction of sp³-hybridized carbons (Fsp3) is 0.200.